The average Bonchev–Trinajstić information content (AvgIpc) is 2.66. The number of benzene rings is 1. The molecule has 0 aromatic heterocycles. The number of hydrogen-bond donors (Lipinski definition) is 3. The third kappa shape index (κ3) is 5.71. The maximum absolute atomic E-state index is 12.8. The molecule has 7 nitrogen and oxygen atoms in total. The number of carbonyl (C=O) groups excluding carboxylic acids is 2. The quantitative estimate of drug-likeness (QED) is 0.343. The Bertz CT molecular complexity index is 851. The molecule has 1 heterocycles. The van der Waals surface area contributed by atoms with Crippen molar-refractivity contribution in [1.82, 2.24) is 10.0 Å². The lowest BCUT2D eigenvalue weighted by Gasteiger charge is -2.41. The van der Waals surface area contributed by atoms with Crippen LogP contribution >= 0.6 is 12.6 Å². The second kappa shape index (κ2) is 9.02. The summed E-state index contributed by atoms with van der Waals surface area (Å²) in [4.78, 5) is 23.5. The predicted molar refractivity (Wildman–Crippen MR) is 101 cm³/mol. The largest absolute Gasteiger partial charge is 0.491 e. The molecule has 0 spiro atoms. The van der Waals surface area contributed by atoms with E-state index in [-0.39, 0.29) is 23.5 Å². The van der Waals surface area contributed by atoms with Crippen LogP contribution in [0, 0.1) is 12.3 Å². The SMILES string of the molecule is Cc1ccc(S(=O)(=O)N[C@H](C(=O)OC(=O)C(F)(F)F)C2(CS)CCNCC2)cc1. The smallest absolute Gasteiger partial charge is 0.385 e. The van der Waals surface area contributed by atoms with E-state index in [4.69, 9.17) is 0 Å². The predicted octanol–water partition coefficient (Wildman–Crippen LogP) is 1.57. The normalized spacial score (nSPS) is 18.1. The molecule has 1 saturated heterocycles. The fourth-order valence-electron chi connectivity index (χ4n) is 3.03. The number of rotatable bonds is 6. The number of piperidine rings is 1. The van der Waals surface area contributed by atoms with Crippen molar-refractivity contribution < 1.29 is 35.9 Å². The van der Waals surface area contributed by atoms with Crippen LogP contribution in [0.1, 0.15) is 18.4 Å². The number of carbonyl (C=O) groups is 2. The molecule has 1 atom stereocenters. The lowest BCUT2D eigenvalue weighted by molar-refractivity contribution is -0.203. The third-order valence-electron chi connectivity index (χ3n) is 4.79. The summed E-state index contributed by atoms with van der Waals surface area (Å²) in [5, 5.41) is 3.02. The fraction of sp³-hybridized carbons (Fsp3) is 0.529. The van der Waals surface area contributed by atoms with Crippen molar-refractivity contribution in [2.24, 2.45) is 5.41 Å². The van der Waals surface area contributed by atoms with Crippen molar-refractivity contribution in [3.63, 3.8) is 0 Å². The number of sulfonamides is 1. The monoisotopic (exact) mass is 454 g/mol. The van der Waals surface area contributed by atoms with Gasteiger partial charge in [0.2, 0.25) is 10.0 Å². The van der Waals surface area contributed by atoms with Crippen molar-refractivity contribution >= 4 is 34.6 Å². The minimum Gasteiger partial charge on any atom is -0.385 e. The van der Waals surface area contributed by atoms with E-state index in [2.05, 4.69) is 27.4 Å². The van der Waals surface area contributed by atoms with E-state index in [1.165, 1.54) is 24.3 Å². The molecular formula is C17H21F3N2O5S2. The molecule has 12 heteroatoms. The summed E-state index contributed by atoms with van der Waals surface area (Å²) in [6.07, 6.45) is -4.90. The Morgan fingerprint density at radius 1 is 1.24 bits per heavy atom. The summed E-state index contributed by atoms with van der Waals surface area (Å²) in [7, 11) is -4.29. The molecule has 1 aliphatic heterocycles. The van der Waals surface area contributed by atoms with Crippen LogP contribution in [0.3, 0.4) is 0 Å². The van der Waals surface area contributed by atoms with Gasteiger partial charge in [0.1, 0.15) is 6.04 Å². The molecule has 1 aromatic carbocycles. The van der Waals surface area contributed by atoms with Crippen LogP contribution in [0.2, 0.25) is 0 Å². The summed E-state index contributed by atoms with van der Waals surface area (Å²) >= 11 is 4.20. The van der Waals surface area contributed by atoms with Crippen LogP contribution in [0.5, 0.6) is 0 Å². The van der Waals surface area contributed by atoms with Gasteiger partial charge in [-0.25, -0.2) is 18.0 Å². The first-order valence-corrected chi connectivity index (χ1v) is 10.8. The van der Waals surface area contributed by atoms with Gasteiger partial charge in [0.25, 0.3) is 0 Å². The Kier molecular flexibility index (Phi) is 7.36. The van der Waals surface area contributed by atoms with Gasteiger partial charge in [-0.1, -0.05) is 17.7 Å². The standard InChI is InChI=1S/C17H21F3N2O5S2/c1-11-2-4-12(5-3-11)29(25,26)22-13(14(23)27-15(24)17(18,19)20)16(10-28)6-8-21-9-7-16/h2-5,13,21-22,28H,6-10H2,1H3/t13-/m1/s1. The van der Waals surface area contributed by atoms with Gasteiger partial charge in [-0.2, -0.15) is 30.5 Å². The van der Waals surface area contributed by atoms with Gasteiger partial charge in [0.05, 0.1) is 4.90 Å². The van der Waals surface area contributed by atoms with Crippen molar-refractivity contribution in [1.29, 1.82) is 0 Å². The highest BCUT2D eigenvalue weighted by Crippen LogP contribution is 2.36. The van der Waals surface area contributed by atoms with Gasteiger partial charge in [-0.05, 0) is 50.7 Å². The van der Waals surface area contributed by atoms with Gasteiger partial charge in [-0.15, -0.1) is 0 Å². The fourth-order valence-corrected chi connectivity index (χ4v) is 4.82. The lowest BCUT2D eigenvalue weighted by atomic mass is 9.74. The highest BCUT2D eigenvalue weighted by molar-refractivity contribution is 7.89. The Hall–Kier alpha value is -1.63. The maximum Gasteiger partial charge on any atom is 0.491 e. The number of alkyl halides is 3. The maximum atomic E-state index is 12.8. The highest BCUT2D eigenvalue weighted by atomic mass is 32.2. The molecule has 162 valence electrons. The number of nitrogens with one attached hydrogen (secondary N) is 2. The molecule has 0 saturated carbocycles. The van der Waals surface area contributed by atoms with E-state index < -0.39 is 39.6 Å². The van der Waals surface area contributed by atoms with Crippen LogP contribution < -0.4 is 10.0 Å². The second-order valence-electron chi connectivity index (χ2n) is 6.84. The third-order valence-corrected chi connectivity index (χ3v) is 6.86. The zero-order chi connectivity index (χ0) is 21.9. The Balaban J connectivity index is 2.39. The molecular weight excluding hydrogens is 433 g/mol. The Morgan fingerprint density at radius 2 is 1.79 bits per heavy atom. The Morgan fingerprint density at radius 3 is 2.28 bits per heavy atom. The van der Waals surface area contributed by atoms with Crippen molar-refractivity contribution in [2.75, 3.05) is 18.8 Å². The summed E-state index contributed by atoms with van der Waals surface area (Å²) < 4.78 is 69.3. The summed E-state index contributed by atoms with van der Waals surface area (Å²) in [5.41, 5.74) is -0.337. The van der Waals surface area contributed by atoms with Crippen LogP contribution in [0.25, 0.3) is 0 Å². The van der Waals surface area contributed by atoms with Crippen LogP contribution in [-0.4, -0.2) is 51.4 Å². The minimum atomic E-state index is -5.39. The van der Waals surface area contributed by atoms with E-state index >= 15 is 0 Å². The summed E-state index contributed by atoms with van der Waals surface area (Å²) in [5.74, 6) is -4.32. The van der Waals surface area contributed by atoms with E-state index in [1.807, 2.05) is 0 Å². The summed E-state index contributed by atoms with van der Waals surface area (Å²) in [6.45, 7) is 2.53. The molecule has 1 fully saturated rings. The molecule has 1 aromatic rings. The number of thiol groups is 1. The first kappa shape index (κ1) is 23.6. The molecule has 1 aliphatic rings. The van der Waals surface area contributed by atoms with Crippen LogP contribution in [-0.2, 0) is 24.3 Å². The minimum absolute atomic E-state index is 0.00886. The van der Waals surface area contributed by atoms with Crippen LogP contribution in [0.4, 0.5) is 13.2 Å². The van der Waals surface area contributed by atoms with E-state index in [0.717, 1.165) is 5.56 Å². The number of esters is 2. The molecule has 0 bridgehead atoms. The second-order valence-corrected chi connectivity index (χ2v) is 8.87. The Labute approximate surface area is 171 Å². The topological polar surface area (TPSA) is 102 Å². The molecule has 0 amide bonds. The molecule has 0 aliphatic carbocycles. The number of aryl methyl sites for hydroxylation is 1. The zero-order valence-corrected chi connectivity index (χ0v) is 17.2. The van der Waals surface area contributed by atoms with Gasteiger partial charge >= 0.3 is 18.1 Å². The molecule has 2 N–H and O–H groups in total. The van der Waals surface area contributed by atoms with E-state index in [0.29, 0.717) is 13.1 Å². The van der Waals surface area contributed by atoms with Crippen molar-refractivity contribution in [2.45, 2.75) is 36.9 Å². The molecule has 2 rings (SSSR count). The van der Waals surface area contributed by atoms with E-state index in [1.54, 1.807) is 6.92 Å². The number of hydrogen-bond acceptors (Lipinski definition) is 7. The van der Waals surface area contributed by atoms with Gasteiger partial charge in [-0.3, -0.25) is 0 Å². The summed E-state index contributed by atoms with van der Waals surface area (Å²) in [6, 6.07) is 3.95. The van der Waals surface area contributed by atoms with Gasteiger partial charge < -0.3 is 10.1 Å². The molecule has 29 heavy (non-hydrogen) atoms. The zero-order valence-electron chi connectivity index (χ0n) is 15.5. The highest BCUT2D eigenvalue weighted by Gasteiger charge is 2.49. The van der Waals surface area contributed by atoms with Gasteiger partial charge in [0, 0.05) is 5.41 Å². The average molecular weight is 454 g/mol. The van der Waals surface area contributed by atoms with Crippen molar-refractivity contribution in [3.05, 3.63) is 29.8 Å². The van der Waals surface area contributed by atoms with E-state index in [9.17, 15) is 31.2 Å². The van der Waals surface area contributed by atoms with Crippen molar-refractivity contribution in [3.8, 4) is 0 Å². The first-order chi connectivity index (χ1) is 13.4. The molecule has 0 unspecified atom stereocenters. The lowest BCUT2D eigenvalue weighted by Crippen LogP contribution is -2.58. The number of halogens is 3. The first-order valence-electron chi connectivity index (χ1n) is 8.65. The number of ether oxygens (including phenoxy) is 1. The van der Waals surface area contributed by atoms with Crippen LogP contribution in [0.15, 0.2) is 29.2 Å². The van der Waals surface area contributed by atoms with Gasteiger partial charge in [0.15, 0.2) is 0 Å². The molecule has 0 radical (unpaired) electrons.